The fourth-order valence-electron chi connectivity index (χ4n) is 6.34. The maximum atomic E-state index is 14.3. The molecular weight excluding hydrogens is 598 g/mol. The van der Waals surface area contributed by atoms with Gasteiger partial charge in [0, 0.05) is 0 Å². The summed E-state index contributed by atoms with van der Waals surface area (Å²) in [7, 11) is 0. The molecule has 4 aliphatic rings. The Morgan fingerprint density at radius 2 is 1.24 bits per heavy atom. The van der Waals surface area contributed by atoms with E-state index in [0.717, 1.165) is 41.5 Å². The minimum absolute atomic E-state index is 0.217. The molecule has 0 N–H and O–H groups in total. The van der Waals surface area contributed by atoms with E-state index in [0.29, 0.717) is 6.61 Å². The van der Waals surface area contributed by atoms with Crippen molar-refractivity contribution in [2.45, 2.75) is 34.8 Å². The zero-order valence-corrected chi connectivity index (χ0v) is 23.4. The zero-order chi connectivity index (χ0) is 25.9. The molecule has 1 saturated heterocycles. The maximum Gasteiger partial charge on any atom is 0.340 e. The summed E-state index contributed by atoms with van der Waals surface area (Å²) in [5.41, 5.74) is 4.37. The molecule has 0 aromatic heterocycles. The summed E-state index contributed by atoms with van der Waals surface area (Å²) in [6.07, 6.45) is 2.75. The molecule has 0 saturated carbocycles. The summed E-state index contributed by atoms with van der Waals surface area (Å²) in [6.45, 7) is 2.38. The van der Waals surface area contributed by atoms with E-state index >= 15 is 0 Å². The molecule has 7 heteroatoms. The minimum Gasteiger partial charge on any atom is -0.462 e. The van der Waals surface area contributed by atoms with E-state index in [-0.39, 0.29) is 23.1 Å². The Morgan fingerprint density at radius 3 is 1.73 bits per heavy atom. The lowest BCUT2D eigenvalue weighted by Crippen LogP contribution is -2.56. The molecular formula is C30H25Br2NO4. The van der Waals surface area contributed by atoms with Gasteiger partial charge in [-0.2, -0.15) is 0 Å². The lowest BCUT2D eigenvalue weighted by molar-refractivity contribution is -0.122. The van der Waals surface area contributed by atoms with Gasteiger partial charge in [-0.3, -0.25) is 9.59 Å². The fourth-order valence-corrected chi connectivity index (χ4v) is 8.64. The lowest BCUT2D eigenvalue weighted by atomic mass is 9.54. The standard InChI is InChI=1S/C30H25Br2NO4/c1-2-3-10-17-37-28(36)18-11-4-9-16-23(18)33-26(34)24-25(27(33)35)30(32)20-13-6-5-12-19(20)29(24,31)21-14-7-8-15-22(21)30/h4-9,11-16,24-25H,2-3,10,17H2,1H3/t24-,25-,29?,30?/m0/s1. The third-order valence-corrected chi connectivity index (χ3v) is 10.6. The molecule has 1 fully saturated rings. The third-order valence-electron chi connectivity index (χ3n) is 7.93. The van der Waals surface area contributed by atoms with Crippen LogP contribution in [0, 0.1) is 11.8 Å². The van der Waals surface area contributed by atoms with Gasteiger partial charge in [0.25, 0.3) is 0 Å². The molecule has 3 aliphatic carbocycles. The van der Waals surface area contributed by atoms with Gasteiger partial charge in [-0.1, -0.05) is 112 Å². The van der Waals surface area contributed by atoms with Crippen LogP contribution in [0.5, 0.6) is 0 Å². The summed E-state index contributed by atoms with van der Waals surface area (Å²) in [6, 6.07) is 22.6. The van der Waals surface area contributed by atoms with Crippen molar-refractivity contribution >= 4 is 55.3 Å². The van der Waals surface area contributed by atoms with Crippen molar-refractivity contribution in [1.29, 1.82) is 0 Å². The first kappa shape index (κ1) is 24.6. The van der Waals surface area contributed by atoms with Gasteiger partial charge in [0.2, 0.25) is 11.8 Å². The molecule has 2 atom stereocenters. The monoisotopic (exact) mass is 621 g/mol. The number of halogens is 2. The predicted octanol–water partition coefficient (Wildman–Crippen LogP) is 6.44. The van der Waals surface area contributed by atoms with Gasteiger partial charge in [0.05, 0.1) is 38.3 Å². The number of ether oxygens (including phenoxy) is 1. The molecule has 3 aromatic carbocycles. The van der Waals surface area contributed by atoms with Gasteiger partial charge < -0.3 is 4.74 Å². The molecule has 5 nitrogen and oxygen atoms in total. The maximum absolute atomic E-state index is 14.3. The van der Waals surface area contributed by atoms with Gasteiger partial charge in [-0.25, -0.2) is 9.69 Å². The van der Waals surface area contributed by atoms with Gasteiger partial charge >= 0.3 is 5.97 Å². The van der Waals surface area contributed by atoms with Crippen LogP contribution in [-0.2, 0) is 23.0 Å². The number of hydrogen-bond acceptors (Lipinski definition) is 4. The number of nitrogens with zero attached hydrogens (tertiary/aromatic N) is 1. The van der Waals surface area contributed by atoms with E-state index in [1.165, 1.54) is 4.90 Å². The Kier molecular flexibility index (Phi) is 5.92. The van der Waals surface area contributed by atoms with Crippen LogP contribution in [0.25, 0.3) is 0 Å². The molecule has 37 heavy (non-hydrogen) atoms. The van der Waals surface area contributed by atoms with E-state index < -0.39 is 26.5 Å². The molecule has 188 valence electrons. The van der Waals surface area contributed by atoms with Crippen LogP contribution < -0.4 is 4.90 Å². The molecule has 3 aromatic rings. The number of benzene rings is 3. The molecule has 2 bridgehead atoms. The summed E-state index contributed by atoms with van der Waals surface area (Å²) in [4.78, 5) is 42.8. The molecule has 1 heterocycles. The Hall–Kier alpha value is -2.77. The number of esters is 1. The quantitative estimate of drug-likeness (QED) is 0.137. The summed E-state index contributed by atoms with van der Waals surface area (Å²) >= 11 is 8.03. The number of alkyl halides is 2. The van der Waals surface area contributed by atoms with Crippen molar-refractivity contribution in [3.8, 4) is 0 Å². The van der Waals surface area contributed by atoms with E-state index in [4.69, 9.17) is 4.74 Å². The topological polar surface area (TPSA) is 63.7 Å². The second-order valence-corrected chi connectivity index (χ2v) is 12.3. The Balaban J connectivity index is 1.48. The van der Waals surface area contributed by atoms with Crippen LogP contribution in [-0.4, -0.2) is 24.4 Å². The van der Waals surface area contributed by atoms with Crippen LogP contribution in [0.15, 0.2) is 72.8 Å². The van der Waals surface area contributed by atoms with Crippen molar-refractivity contribution in [2.24, 2.45) is 11.8 Å². The number of carbonyl (C=O) groups is 3. The van der Waals surface area contributed by atoms with Crippen LogP contribution in [0.2, 0.25) is 0 Å². The van der Waals surface area contributed by atoms with E-state index in [1.54, 1.807) is 24.3 Å². The SMILES string of the molecule is CCCCCOC(=O)c1ccccc1N1C(=O)[C@@H]2[C@@H](C1=O)C1(Br)c3ccccc3C2(Br)c2ccccc21. The smallest absolute Gasteiger partial charge is 0.340 e. The fraction of sp³-hybridized carbons (Fsp3) is 0.300. The number of unbranched alkanes of at least 4 members (excludes halogenated alkanes) is 2. The predicted molar refractivity (Wildman–Crippen MR) is 148 cm³/mol. The largest absolute Gasteiger partial charge is 0.462 e. The highest BCUT2D eigenvalue weighted by molar-refractivity contribution is 9.10. The van der Waals surface area contributed by atoms with Crippen LogP contribution in [0.3, 0.4) is 0 Å². The Bertz CT molecular complexity index is 1330. The summed E-state index contributed by atoms with van der Waals surface area (Å²) < 4.78 is 3.75. The van der Waals surface area contributed by atoms with E-state index in [1.807, 2.05) is 48.5 Å². The highest BCUT2D eigenvalue weighted by atomic mass is 79.9. The lowest BCUT2D eigenvalue weighted by Gasteiger charge is -2.55. The number of imide groups is 1. The molecule has 1 aliphatic heterocycles. The van der Waals surface area contributed by atoms with E-state index in [2.05, 4.69) is 38.8 Å². The minimum atomic E-state index is -0.878. The highest BCUT2D eigenvalue weighted by Crippen LogP contribution is 2.70. The number of carbonyl (C=O) groups excluding carboxylic acids is 3. The molecule has 0 spiro atoms. The molecule has 0 unspecified atom stereocenters. The number of anilines is 1. The third kappa shape index (κ3) is 3.23. The summed E-state index contributed by atoms with van der Waals surface area (Å²) in [5, 5.41) is 0. The van der Waals surface area contributed by atoms with Crippen molar-refractivity contribution in [2.75, 3.05) is 11.5 Å². The van der Waals surface area contributed by atoms with Gasteiger partial charge in [-0.15, -0.1) is 0 Å². The number of hydrogen-bond donors (Lipinski definition) is 0. The van der Waals surface area contributed by atoms with Crippen LogP contribution >= 0.6 is 31.9 Å². The first-order chi connectivity index (χ1) is 17.9. The average molecular weight is 623 g/mol. The normalized spacial score (nSPS) is 27.1. The van der Waals surface area contributed by atoms with Crippen molar-refractivity contribution in [1.82, 2.24) is 0 Å². The second kappa shape index (κ2) is 8.91. The van der Waals surface area contributed by atoms with Gasteiger partial charge in [0.15, 0.2) is 0 Å². The summed E-state index contributed by atoms with van der Waals surface area (Å²) in [5.74, 6) is -2.58. The Labute approximate surface area is 232 Å². The van der Waals surface area contributed by atoms with Crippen LogP contribution in [0.1, 0.15) is 58.8 Å². The first-order valence-electron chi connectivity index (χ1n) is 12.6. The molecule has 0 radical (unpaired) electrons. The van der Waals surface area contributed by atoms with Crippen molar-refractivity contribution in [3.05, 3.63) is 101 Å². The molecule has 7 rings (SSSR count). The average Bonchev–Trinajstić information content (AvgIpc) is 3.20. The number of para-hydroxylation sites is 1. The first-order valence-corrected chi connectivity index (χ1v) is 14.2. The number of rotatable bonds is 6. The number of amides is 2. The Morgan fingerprint density at radius 1 is 0.784 bits per heavy atom. The van der Waals surface area contributed by atoms with Crippen molar-refractivity contribution in [3.63, 3.8) is 0 Å². The van der Waals surface area contributed by atoms with Gasteiger partial charge in [0.1, 0.15) is 0 Å². The van der Waals surface area contributed by atoms with E-state index in [9.17, 15) is 14.4 Å². The van der Waals surface area contributed by atoms with Crippen molar-refractivity contribution < 1.29 is 19.1 Å². The van der Waals surface area contributed by atoms with Crippen LogP contribution in [0.4, 0.5) is 5.69 Å². The highest BCUT2D eigenvalue weighted by Gasteiger charge is 2.72. The van der Waals surface area contributed by atoms with Gasteiger partial charge in [-0.05, 0) is 40.8 Å². The molecule has 2 amide bonds. The second-order valence-electron chi connectivity index (χ2n) is 9.84. The zero-order valence-electron chi connectivity index (χ0n) is 20.2.